The van der Waals surface area contributed by atoms with Gasteiger partial charge in [0.2, 0.25) is 5.91 Å². The van der Waals surface area contributed by atoms with Crippen LogP contribution in [0.15, 0.2) is 18.2 Å². The fourth-order valence-corrected chi connectivity index (χ4v) is 1.35. The van der Waals surface area contributed by atoms with Crippen LogP contribution in [0.2, 0.25) is 0 Å². The lowest BCUT2D eigenvalue weighted by atomic mass is 10.1. The van der Waals surface area contributed by atoms with Crippen molar-refractivity contribution in [3.05, 3.63) is 29.6 Å². The lowest BCUT2D eigenvalue weighted by Crippen LogP contribution is -2.35. The van der Waals surface area contributed by atoms with Crippen molar-refractivity contribution in [1.29, 1.82) is 0 Å². The molecule has 6 heteroatoms. The Morgan fingerprint density at radius 2 is 2.06 bits per heavy atom. The van der Waals surface area contributed by atoms with Crippen LogP contribution in [0.3, 0.4) is 0 Å². The van der Waals surface area contributed by atoms with Crippen molar-refractivity contribution in [2.75, 3.05) is 12.4 Å². The number of hydrogen-bond acceptors (Lipinski definition) is 3. The van der Waals surface area contributed by atoms with Gasteiger partial charge in [0.15, 0.2) is 0 Å². The third-order valence-electron chi connectivity index (χ3n) is 2.24. The predicted octanol–water partition coefficient (Wildman–Crippen LogP) is 1.07. The number of aromatic carboxylic acids is 1. The van der Waals surface area contributed by atoms with E-state index in [4.69, 9.17) is 5.11 Å². The predicted molar refractivity (Wildman–Crippen MR) is 60.5 cm³/mol. The number of carbonyl (C=O) groups is 2. The van der Waals surface area contributed by atoms with Crippen molar-refractivity contribution in [2.45, 2.75) is 13.0 Å². The average molecular weight is 240 g/mol. The number of carbonyl (C=O) groups excluding carboxylic acids is 1. The second-order valence-corrected chi connectivity index (χ2v) is 3.45. The fraction of sp³-hybridized carbons (Fsp3) is 0.273. The Morgan fingerprint density at radius 3 is 2.59 bits per heavy atom. The van der Waals surface area contributed by atoms with Crippen LogP contribution in [0.4, 0.5) is 10.1 Å². The third-order valence-corrected chi connectivity index (χ3v) is 2.24. The molecule has 5 nitrogen and oxygen atoms in total. The minimum Gasteiger partial charge on any atom is -0.478 e. The Labute approximate surface area is 97.6 Å². The smallest absolute Gasteiger partial charge is 0.337 e. The highest BCUT2D eigenvalue weighted by Gasteiger charge is 2.18. The van der Waals surface area contributed by atoms with Gasteiger partial charge in [-0.25, -0.2) is 9.18 Å². The molecule has 0 spiro atoms. The summed E-state index contributed by atoms with van der Waals surface area (Å²) >= 11 is 0. The number of amides is 1. The van der Waals surface area contributed by atoms with Crippen molar-refractivity contribution < 1.29 is 19.1 Å². The summed E-state index contributed by atoms with van der Waals surface area (Å²) in [5.41, 5.74) is -0.392. The maximum absolute atomic E-state index is 13.5. The van der Waals surface area contributed by atoms with E-state index in [-0.39, 0.29) is 17.2 Å². The Kier molecular flexibility index (Phi) is 4.03. The number of benzene rings is 1. The van der Waals surface area contributed by atoms with Gasteiger partial charge in [-0.1, -0.05) is 6.07 Å². The van der Waals surface area contributed by atoms with Gasteiger partial charge in [0.25, 0.3) is 0 Å². The number of hydrogen-bond donors (Lipinski definition) is 3. The van der Waals surface area contributed by atoms with Gasteiger partial charge in [0.05, 0.1) is 11.3 Å². The molecular weight excluding hydrogens is 227 g/mol. The first-order valence-electron chi connectivity index (χ1n) is 4.97. The summed E-state index contributed by atoms with van der Waals surface area (Å²) in [7, 11) is 1.44. The Hall–Kier alpha value is -2.11. The van der Waals surface area contributed by atoms with E-state index in [1.165, 1.54) is 26.1 Å². The van der Waals surface area contributed by atoms with Crippen LogP contribution >= 0.6 is 0 Å². The van der Waals surface area contributed by atoms with Crippen LogP contribution in [-0.4, -0.2) is 30.1 Å². The zero-order valence-corrected chi connectivity index (χ0v) is 9.45. The second-order valence-electron chi connectivity index (χ2n) is 3.45. The molecule has 92 valence electrons. The highest BCUT2D eigenvalue weighted by atomic mass is 19.1. The molecule has 1 unspecified atom stereocenters. The minimum absolute atomic E-state index is 0.184. The summed E-state index contributed by atoms with van der Waals surface area (Å²) in [5, 5.41) is 13.8. The van der Waals surface area contributed by atoms with Gasteiger partial charge in [0, 0.05) is 7.05 Å². The number of likely N-dealkylation sites (N-methyl/N-ethyl adjacent to an activating group) is 1. The van der Waals surface area contributed by atoms with Crippen LogP contribution in [0, 0.1) is 5.82 Å². The highest BCUT2D eigenvalue weighted by molar-refractivity contribution is 5.95. The number of para-hydroxylation sites is 1. The van der Waals surface area contributed by atoms with Crippen molar-refractivity contribution in [1.82, 2.24) is 5.32 Å². The van der Waals surface area contributed by atoms with Crippen molar-refractivity contribution >= 4 is 17.6 Å². The molecule has 17 heavy (non-hydrogen) atoms. The molecule has 1 aromatic carbocycles. The van der Waals surface area contributed by atoms with E-state index < -0.39 is 17.8 Å². The van der Waals surface area contributed by atoms with Crippen molar-refractivity contribution in [3.8, 4) is 0 Å². The molecule has 1 amide bonds. The summed E-state index contributed by atoms with van der Waals surface area (Å²) in [6, 6.07) is 2.97. The van der Waals surface area contributed by atoms with Crippen LogP contribution in [-0.2, 0) is 4.79 Å². The summed E-state index contributed by atoms with van der Waals surface area (Å²) in [4.78, 5) is 22.2. The molecule has 0 aromatic heterocycles. The number of nitrogens with one attached hydrogen (secondary N) is 2. The molecule has 1 atom stereocenters. The number of carboxylic acids is 1. The molecule has 0 radical (unpaired) electrons. The van der Waals surface area contributed by atoms with Crippen molar-refractivity contribution in [3.63, 3.8) is 0 Å². The Morgan fingerprint density at radius 1 is 1.41 bits per heavy atom. The standard InChI is InChI=1S/C11H13FN2O3/c1-6(10(15)13-2)14-9-7(11(16)17)4-3-5-8(9)12/h3-6,14H,1-2H3,(H,13,15)(H,16,17). The lowest BCUT2D eigenvalue weighted by Gasteiger charge is -2.16. The van der Waals surface area contributed by atoms with Crippen molar-refractivity contribution in [2.24, 2.45) is 0 Å². The van der Waals surface area contributed by atoms with Crippen LogP contribution in [0.1, 0.15) is 17.3 Å². The molecule has 1 aromatic rings. The zero-order valence-electron chi connectivity index (χ0n) is 9.45. The van der Waals surface area contributed by atoms with Gasteiger partial charge in [-0.15, -0.1) is 0 Å². The van der Waals surface area contributed by atoms with E-state index in [1.54, 1.807) is 0 Å². The Balaban J connectivity index is 3.05. The topological polar surface area (TPSA) is 78.4 Å². The van der Waals surface area contributed by atoms with E-state index in [9.17, 15) is 14.0 Å². The molecule has 0 bridgehead atoms. The quantitative estimate of drug-likeness (QED) is 0.735. The summed E-state index contributed by atoms with van der Waals surface area (Å²) in [5.74, 6) is -2.32. The zero-order chi connectivity index (χ0) is 13.0. The molecule has 3 N–H and O–H groups in total. The maximum Gasteiger partial charge on any atom is 0.337 e. The van der Waals surface area contributed by atoms with E-state index in [1.807, 2.05) is 0 Å². The van der Waals surface area contributed by atoms with Crippen LogP contribution < -0.4 is 10.6 Å². The molecular formula is C11H13FN2O3. The molecule has 0 heterocycles. The van der Waals surface area contributed by atoms with Gasteiger partial charge >= 0.3 is 5.97 Å². The first-order valence-corrected chi connectivity index (χ1v) is 4.97. The summed E-state index contributed by atoms with van der Waals surface area (Å²) < 4.78 is 13.5. The van der Waals surface area contributed by atoms with Crippen LogP contribution in [0.5, 0.6) is 0 Å². The number of anilines is 1. The second kappa shape index (κ2) is 5.29. The number of carboxylic acid groups (broad SMARTS) is 1. The Bertz CT molecular complexity index is 448. The van der Waals surface area contributed by atoms with Gasteiger partial charge < -0.3 is 15.7 Å². The molecule has 0 aliphatic rings. The fourth-order valence-electron chi connectivity index (χ4n) is 1.35. The molecule has 0 saturated carbocycles. The molecule has 0 aliphatic heterocycles. The first kappa shape index (κ1) is 13.0. The van der Waals surface area contributed by atoms with E-state index >= 15 is 0 Å². The monoisotopic (exact) mass is 240 g/mol. The minimum atomic E-state index is -1.25. The third kappa shape index (κ3) is 2.93. The SMILES string of the molecule is CNC(=O)C(C)Nc1c(F)cccc1C(=O)O. The first-order chi connectivity index (χ1) is 7.97. The maximum atomic E-state index is 13.5. The molecule has 0 saturated heterocycles. The molecule has 0 aliphatic carbocycles. The summed E-state index contributed by atoms with van der Waals surface area (Å²) in [6.07, 6.45) is 0. The average Bonchev–Trinajstić information content (AvgIpc) is 2.30. The normalized spacial score (nSPS) is 11.7. The van der Waals surface area contributed by atoms with E-state index in [2.05, 4.69) is 10.6 Å². The number of rotatable bonds is 4. The highest BCUT2D eigenvalue weighted by Crippen LogP contribution is 2.20. The number of halogens is 1. The van der Waals surface area contributed by atoms with Gasteiger partial charge in [0.1, 0.15) is 11.9 Å². The molecule has 0 fully saturated rings. The van der Waals surface area contributed by atoms with Gasteiger partial charge in [-0.05, 0) is 19.1 Å². The van der Waals surface area contributed by atoms with E-state index in [0.717, 1.165) is 6.07 Å². The largest absolute Gasteiger partial charge is 0.478 e. The molecule has 1 rings (SSSR count). The van der Waals surface area contributed by atoms with Gasteiger partial charge in [-0.3, -0.25) is 4.79 Å². The summed E-state index contributed by atoms with van der Waals surface area (Å²) in [6.45, 7) is 1.51. The van der Waals surface area contributed by atoms with Gasteiger partial charge in [-0.2, -0.15) is 0 Å². The van der Waals surface area contributed by atoms with E-state index in [0.29, 0.717) is 0 Å². The lowest BCUT2D eigenvalue weighted by molar-refractivity contribution is -0.121. The van der Waals surface area contributed by atoms with Crippen LogP contribution in [0.25, 0.3) is 0 Å².